The van der Waals surface area contributed by atoms with Crippen molar-refractivity contribution in [1.29, 1.82) is 0 Å². The van der Waals surface area contributed by atoms with Gasteiger partial charge in [0.25, 0.3) is 0 Å². The maximum absolute atomic E-state index is 14.2. The van der Waals surface area contributed by atoms with Gasteiger partial charge in [0.1, 0.15) is 6.04 Å². The van der Waals surface area contributed by atoms with E-state index in [0.717, 1.165) is 23.4 Å². The topological polar surface area (TPSA) is 130 Å². The van der Waals surface area contributed by atoms with Crippen LogP contribution in [-0.2, 0) is 35.1 Å². The smallest absolute Gasteiger partial charge is 0.245 e. The molecule has 1 unspecified atom stereocenters. The predicted molar refractivity (Wildman–Crippen MR) is 216 cm³/mol. The Kier molecular flexibility index (Phi) is 19.8. The molecular weight excluding hydrogens is 691 g/mol. The lowest BCUT2D eigenvalue weighted by Gasteiger charge is -2.41. The van der Waals surface area contributed by atoms with Crippen LogP contribution >= 0.6 is 11.8 Å². The highest BCUT2D eigenvalue weighted by molar-refractivity contribution is 8.13. The number of hydrogen-bond acceptors (Lipinski definition) is 8. The van der Waals surface area contributed by atoms with E-state index in [-0.39, 0.29) is 59.9 Å². The molecule has 1 aromatic rings. The van der Waals surface area contributed by atoms with Crippen LogP contribution in [0.5, 0.6) is 0 Å². The summed E-state index contributed by atoms with van der Waals surface area (Å²) in [5.41, 5.74) is 1.07. The zero-order chi connectivity index (χ0) is 39.8. The Morgan fingerprint density at radius 1 is 1.04 bits per heavy atom. The van der Waals surface area contributed by atoms with E-state index >= 15 is 0 Å². The number of benzene rings is 1. The van der Waals surface area contributed by atoms with Gasteiger partial charge in [-0.15, -0.1) is 11.8 Å². The molecular formula is C41H67N5O6S. The van der Waals surface area contributed by atoms with E-state index in [1.165, 1.54) is 18.0 Å². The first kappa shape index (κ1) is 45.9. The van der Waals surface area contributed by atoms with E-state index in [4.69, 9.17) is 9.47 Å². The number of methoxy groups -OCH3 is 2. The third-order valence-electron chi connectivity index (χ3n) is 10.4. The minimum atomic E-state index is -0.702. The molecule has 0 aromatic heterocycles. The van der Waals surface area contributed by atoms with Crippen molar-refractivity contribution in [1.82, 2.24) is 20.4 Å². The summed E-state index contributed by atoms with van der Waals surface area (Å²) in [6.45, 7) is 18.0. The van der Waals surface area contributed by atoms with Gasteiger partial charge in [0, 0.05) is 40.4 Å². The molecule has 0 bridgehead atoms. The number of ether oxygens (including phenoxy) is 2. The molecule has 1 aromatic carbocycles. The van der Waals surface area contributed by atoms with Crippen LogP contribution in [0, 0.1) is 23.7 Å². The second kappa shape index (κ2) is 22.9. The van der Waals surface area contributed by atoms with Crippen molar-refractivity contribution in [2.45, 2.75) is 123 Å². The van der Waals surface area contributed by atoms with Crippen LogP contribution < -0.4 is 10.6 Å². The fraction of sp³-hybridized carbons (Fsp3) is 0.683. The molecule has 0 saturated carbocycles. The van der Waals surface area contributed by atoms with Gasteiger partial charge in [0.2, 0.25) is 23.6 Å². The Bertz CT molecular complexity index is 1360. The molecule has 1 aliphatic rings. The molecule has 1 saturated heterocycles. The van der Waals surface area contributed by atoms with Gasteiger partial charge < -0.3 is 29.9 Å². The van der Waals surface area contributed by atoms with Crippen LogP contribution in [0.1, 0.15) is 86.1 Å². The number of thioether (sulfide) groups is 1. The zero-order valence-electron chi connectivity index (χ0n) is 34.1. The van der Waals surface area contributed by atoms with Crippen molar-refractivity contribution in [3.05, 3.63) is 48.7 Å². The Balaban J connectivity index is 2.29. The van der Waals surface area contributed by atoms with E-state index < -0.39 is 30.2 Å². The Morgan fingerprint density at radius 2 is 1.70 bits per heavy atom. The fourth-order valence-electron chi connectivity index (χ4n) is 7.37. The van der Waals surface area contributed by atoms with Gasteiger partial charge >= 0.3 is 0 Å². The van der Waals surface area contributed by atoms with Gasteiger partial charge in [-0.3, -0.25) is 24.2 Å². The second-order valence-corrected chi connectivity index (χ2v) is 15.9. The molecule has 1 fully saturated rings. The molecule has 11 nitrogen and oxygen atoms in total. The minimum Gasteiger partial charge on any atom is -0.379 e. The van der Waals surface area contributed by atoms with Crippen molar-refractivity contribution in [2.24, 2.45) is 28.7 Å². The molecule has 0 radical (unpaired) electrons. The molecule has 298 valence electrons. The van der Waals surface area contributed by atoms with Gasteiger partial charge in [0.15, 0.2) is 0 Å². The third kappa shape index (κ3) is 13.2. The van der Waals surface area contributed by atoms with Crippen LogP contribution in [-0.4, -0.2) is 109 Å². The lowest BCUT2D eigenvalue weighted by Crippen LogP contribution is -2.58. The molecule has 53 heavy (non-hydrogen) atoms. The molecule has 2 N–H and O–H groups in total. The highest BCUT2D eigenvalue weighted by atomic mass is 32.2. The summed E-state index contributed by atoms with van der Waals surface area (Å²) in [4.78, 5) is 62.8. The first-order valence-corrected chi connectivity index (χ1v) is 20.4. The summed E-state index contributed by atoms with van der Waals surface area (Å²) in [7, 11) is 4.91. The Labute approximate surface area is 323 Å². The van der Waals surface area contributed by atoms with Crippen LogP contribution in [0.4, 0.5) is 0 Å². The number of hydrogen-bond donors (Lipinski definition) is 2. The molecule has 0 spiro atoms. The number of carbonyl (C=O) groups excluding carboxylic acids is 4. The summed E-state index contributed by atoms with van der Waals surface area (Å²) in [6.07, 6.45) is 5.45. The van der Waals surface area contributed by atoms with Gasteiger partial charge in [-0.2, -0.15) is 0 Å². The first-order chi connectivity index (χ1) is 25.1. The van der Waals surface area contributed by atoms with Gasteiger partial charge in [-0.1, -0.05) is 91.8 Å². The summed E-state index contributed by atoms with van der Waals surface area (Å²) in [5.74, 6) is -1.19. The van der Waals surface area contributed by atoms with Crippen molar-refractivity contribution in [3.63, 3.8) is 0 Å². The summed E-state index contributed by atoms with van der Waals surface area (Å²) >= 11 is 1.47. The van der Waals surface area contributed by atoms with Crippen molar-refractivity contribution >= 4 is 40.4 Å². The van der Waals surface area contributed by atoms with E-state index in [0.29, 0.717) is 25.8 Å². The van der Waals surface area contributed by atoms with E-state index in [9.17, 15) is 19.2 Å². The highest BCUT2D eigenvalue weighted by Gasteiger charge is 2.43. The van der Waals surface area contributed by atoms with Crippen LogP contribution in [0.2, 0.25) is 0 Å². The fourth-order valence-corrected chi connectivity index (χ4v) is 7.98. The number of likely N-dealkylation sites (tertiary alicyclic amines) is 1. The maximum atomic E-state index is 14.2. The van der Waals surface area contributed by atoms with E-state index in [1.54, 1.807) is 26.2 Å². The van der Waals surface area contributed by atoms with Gasteiger partial charge in [-0.25, -0.2) is 0 Å². The normalized spacial score (nSPS) is 18.8. The highest BCUT2D eigenvalue weighted by Crippen LogP contribution is 2.30. The monoisotopic (exact) mass is 757 g/mol. The Hall–Kier alpha value is -3.22. The lowest BCUT2D eigenvalue weighted by atomic mass is 9.89. The van der Waals surface area contributed by atoms with Crippen LogP contribution in [0.15, 0.2) is 48.1 Å². The van der Waals surface area contributed by atoms with Crippen LogP contribution in [0.3, 0.4) is 0 Å². The summed E-state index contributed by atoms with van der Waals surface area (Å²) in [5, 5.41) is 6.92. The van der Waals surface area contributed by atoms with Crippen molar-refractivity contribution < 1.29 is 28.7 Å². The van der Waals surface area contributed by atoms with E-state index in [1.807, 2.05) is 76.1 Å². The SMILES string of the molecule is C=C/N=C(\SC)C(Cc1ccccc1)NC(=O)[C@H](C)[C@@H](OC)[C@@H]1CCCN1C(=O)C[C@@H](OC)[C@H]([C@@H](C)CC)N(C)C(=O)[C@@H](NC(=O)CC(C)C)C(C)C. The van der Waals surface area contributed by atoms with Crippen molar-refractivity contribution in [3.8, 4) is 0 Å². The predicted octanol–water partition coefficient (Wildman–Crippen LogP) is 5.73. The molecule has 1 aliphatic heterocycles. The number of likely N-dealkylation sites (N-methyl/N-ethyl adjacent to an activating group) is 1. The lowest BCUT2D eigenvalue weighted by molar-refractivity contribution is -0.147. The first-order valence-electron chi connectivity index (χ1n) is 19.1. The number of nitrogens with zero attached hydrogens (tertiary/aromatic N) is 3. The quantitative estimate of drug-likeness (QED) is 0.121. The Morgan fingerprint density at radius 3 is 2.23 bits per heavy atom. The second-order valence-electron chi connectivity index (χ2n) is 15.1. The number of rotatable bonds is 21. The maximum Gasteiger partial charge on any atom is 0.245 e. The number of nitrogens with one attached hydrogen (secondary N) is 2. The number of amides is 4. The van der Waals surface area contributed by atoms with Crippen LogP contribution in [0.25, 0.3) is 0 Å². The standard InChI is InChI=1S/C41H67N5O6S/c1-13-28(7)37(45(9)41(50)36(27(5)6)44-34(47)23-26(3)4)33(51-10)25-35(48)46-22-18-21-32(46)38(52-11)29(8)39(49)43-31(40(53-12)42-14-2)24-30-19-16-15-17-20-30/h14-17,19-20,26-29,31-33,36-38H,2,13,18,21-25H2,1,3-12H3,(H,43,49)(H,44,47)/b42-40-/t28-,29+,31?,32-,33+,36-,37-,38+/m0/s1. The number of carbonyl (C=O) groups is 4. The summed E-state index contributed by atoms with van der Waals surface area (Å²) in [6, 6.07) is 8.15. The zero-order valence-corrected chi connectivity index (χ0v) is 34.9. The van der Waals surface area contributed by atoms with Gasteiger partial charge in [0.05, 0.1) is 47.7 Å². The van der Waals surface area contributed by atoms with Gasteiger partial charge in [-0.05, 0) is 48.8 Å². The summed E-state index contributed by atoms with van der Waals surface area (Å²) < 4.78 is 12.0. The third-order valence-corrected chi connectivity index (χ3v) is 11.2. The number of aliphatic imine (C=N–C) groups is 1. The molecule has 1 heterocycles. The molecule has 2 rings (SSSR count). The largest absolute Gasteiger partial charge is 0.379 e. The van der Waals surface area contributed by atoms with E-state index in [2.05, 4.69) is 36.1 Å². The minimum absolute atomic E-state index is 0.00494. The van der Waals surface area contributed by atoms with Crippen molar-refractivity contribution in [2.75, 3.05) is 34.1 Å². The molecule has 4 amide bonds. The molecule has 0 aliphatic carbocycles. The average molecular weight is 758 g/mol. The average Bonchev–Trinajstić information content (AvgIpc) is 3.61. The molecule has 12 heteroatoms. The molecule has 8 atom stereocenters.